The van der Waals surface area contributed by atoms with Crippen molar-refractivity contribution in [2.45, 2.75) is 31.9 Å². The molecule has 0 bridgehead atoms. The molecule has 1 aromatic rings. The molecule has 0 spiro atoms. The summed E-state index contributed by atoms with van der Waals surface area (Å²) in [4.78, 5) is 8.19. The summed E-state index contributed by atoms with van der Waals surface area (Å²) >= 11 is 0. The molecule has 0 aliphatic carbocycles. The van der Waals surface area contributed by atoms with E-state index in [0.717, 1.165) is 25.1 Å². The molecule has 3 atom stereocenters. The Hall–Kier alpha value is -1.20. The van der Waals surface area contributed by atoms with Gasteiger partial charge in [0, 0.05) is 36.7 Å². The molecule has 0 saturated carbocycles. The molecule has 1 aliphatic heterocycles. The van der Waals surface area contributed by atoms with Crippen LogP contribution in [-0.2, 0) is 11.2 Å². The second-order valence-electron chi connectivity index (χ2n) is 4.45. The van der Waals surface area contributed by atoms with Crippen LogP contribution in [0.25, 0.3) is 0 Å². The molecule has 1 fully saturated rings. The first kappa shape index (κ1) is 12.3. The first-order valence-electron chi connectivity index (χ1n) is 5.93. The molecule has 5 nitrogen and oxygen atoms in total. The molecular formula is C12H19N3O2. The summed E-state index contributed by atoms with van der Waals surface area (Å²) in [5.74, 6) is 0.994. The SMILES string of the molecule is COc1cc(CC(N)C2CCOC2C)ncn1. The quantitative estimate of drug-likeness (QED) is 0.838. The molecule has 3 unspecified atom stereocenters. The van der Waals surface area contributed by atoms with Crippen molar-refractivity contribution in [3.63, 3.8) is 0 Å². The molecule has 2 heterocycles. The molecule has 2 rings (SSSR count). The Balaban J connectivity index is 1.99. The van der Waals surface area contributed by atoms with Gasteiger partial charge in [0.25, 0.3) is 0 Å². The van der Waals surface area contributed by atoms with Crippen molar-refractivity contribution in [1.82, 2.24) is 9.97 Å². The summed E-state index contributed by atoms with van der Waals surface area (Å²) in [7, 11) is 1.60. The van der Waals surface area contributed by atoms with E-state index in [0.29, 0.717) is 11.8 Å². The van der Waals surface area contributed by atoms with Gasteiger partial charge in [-0.2, -0.15) is 0 Å². The van der Waals surface area contributed by atoms with Gasteiger partial charge in [0.05, 0.1) is 13.2 Å². The van der Waals surface area contributed by atoms with Gasteiger partial charge in [-0.3, -0.25) is 0 Å². The molecule has 1 aliphatic rings. The molecule has 0 aromatic carbocycles. The van der Waals surface area contributed by atoms with Crippen LogP contribution >= 0.6 is 0 Å². The van der Waals surface area contributed by atoms with Crippen LogP contribution in [0.1, 0.15) is 19.0 Å². The van der Waals surface area contributed by atoms with E-state index >= 15 is 0 Å². The molecule has 0 amide bonds. The second kappa shape index (κ2) is 5.42. The predicted molar refractivity (Wildman–Crippen MR) is 63.8 cm³/mol. The monoisotopic (exact) mass is 237 g/mol. The zero-order chi connectivity index (χ0) is 12.3. The lowest BCUT2D eigenvalue weighted by Crippen LogP contribution is -2.36. The van der Waals surface area contributed by atoms with Crippen LogP contribution in [0.4, 0.5) is 0 Å². The molecular weight excluding hydrogens is 218 g/mol. The van der Waals surface area contributed by atoms with E-state index in [1.165, 1.54) is 6.33 Å². The molecule has 2 N–H and O–H groups in total. The van der Waals surface area contributed by atoms with E-state index in [-0.39, 0.29) is 12.1 Å². The Labute approximate surface area is 101 Å². The maximum atomic E-state index is 6.21. The first-order valence-corrected chi connectivity index (χ1v) is 5.93. The van der Waals surface area contributed by atoms with Gasteiger partial charge in [-0.05, 0) is 13.3 Å². The molecule has 0 radical (unpaired) electrons. The lowest BCUT2D eigenvalue weighted by atomic mass is 9.91. The van der Waals surface area contributed by atoms with Crippen molar-refractivity contribution in [2.75, 3.05) is 13.7 Å². The average Bonchev–Trinajstić information content (AvgIpc) is 2.76. The molecule has 5 heteroatoms. The average molecular weight is 237 g/mol. The van der Waals surface area contributed by atoms with Gasteiger partial charge in [-0.1, -0.05) is 0 Å². The van der Waals surface area contributed by atoms with Crippen molar-refractivity contribution in [3.8, 4) is 5.88 Å². The Morgan fingerprint density at radius 2 is 2.41 bits per heavy atom. The van der Waals surface area contributed by atoms with E-state index in [4.69, 9.17) is 15.2 Å². The second-order valence-corrected chi connectivity index (χ2v) is 4.45. The van der Waals surface area contributed by atoms with Gasteiger partial charge >= 0.3 is 0 Å². The number of nitrogens with zero attached hydrogens (tertiary/aromatic N) is 2. The molecule has 94 valence electrons. The number of aromatic nitrogens is 2. The van der Waals surface area contributed by atoms with Crippen LogP contribution < -0.4 is 10.5 Å². The van der Waals surface area contributed by atoms with Crippen LogP contribution in [-0.4, -0.2) is 35.8 Å². The number of methoxy groups -OCH3 is 1. The minimum Gasteiger partial charge on any atom is -0.481 e. The topological polar surface area (TPSA) is 70.3 Å². The summed E-state index contributed by atoms with van der Waals surface area (Å²) in [6.45, 7) is 2.89. The Bertz CT molecular complexity index is 373. The number of hydrogen-bond acceptors (Lipinski definition) is 5. The van der Waals surface area contributed by atoms with Crippen molar-refractivity contribution < 1.29 is 9.47 Å². The van der Waals surface area contributed by atoms with Gasteiger partial charge in [0.2, 0.25) is 5.88 Å². The lowest BCUT2D eigenvalue weighted by Gasteiger charge is -2.21. The summed E-state index contributed by atoms with van der Waals surface area (Å²) in [5, 5.41) is 0. The molecule has 1 aromatic heterocycles. The highest BCUT2D eigenvalue weighted by Gasteiger charge is 2.29. The van der Waals surface area contributed by atoms with Crippen LogP contribution in [0, 0.1) is 5.92 Å². The van der Waals surface area contributed by atoms with Gasteiger partial charge in [0.1, 0.15) is 6.33 Å². The smallest absolute Gasteiger partial charge is 0.216 e. The van der Waals surface area contributed by atoms with E-state index in [1.54, 1.807) is 7.11 Å². The van der Waals surface area contributed by atoms with Crippen LogP contribution in [0.3, 0.4) is 0 Å². The molecule has 1 saturated heterocycles. The summed E-state index contributed by atoms with van der Waals surface area (Å²) in [5.41, 5.74) is 7.13. The van der Waals surface area contributed by atoms with Crippen molar-refractivity contribution in [1.29, 1.82) is 0 Å². The number of rotatable bonds is 4. The summed E-state index contributed by atoms with van der Waals surface area (Å²) in [6.07, 6.45) is 3.52. The van der Waals surface area contributed by atoms with Gasteiger partial charge in [0.15, 0.2) is 0 Å². The number of nitrogens with two attached hydrogens (primary N) is 1. The third kappa shape index (κ3) is 2.92. The van der Waals surface area contributed by atoms with Crippen LogP contribution in [0.5, 0.6) is 5.88 Å². The summed E-state index contributed by atoms with van der Waals surface area (Å²) < 4.78 is 10.6. The number of ether oxygens (including phenoxy) is 2. The number of hydrogen-bond donors (Lipinski definition) is 1. The fourth-order valence-corrected chi connectivity index (χ4v) is 2.30. The maximum absolute atomic E-state index is 6.21. The van der Waals surface area contributed by atoms with Crippen LogP contribution in [0.2, 0.25) is 0 Å². The third-order valence-corrected chi connectivity index (χ3v) is 3.34. The fourth-order valence-electron chi connectivity index (χ4n) is 2.30. The Morgan fingerprint density at radius 1 is 1.59 bits per heavy atom. The van der Waals surface area contributed by atoms with Gasteiger partial charge in [-0.15, -0.1) is 0 Å². The van der Waals surface area contributed by atoms with Gasteiger partial charge < -0.3 is 15.2 Å². The predicted octanol–water partition coefficient (Wildman–Crippen LogP) is 0.780. The van der Waals surface area contributed by atoms with Crippen molar-refractivity contribution in [2.24, 2.45) is 11.7 Å². The highest BCUT2D eigenvalue weighted by molar-refractivity contribution is 5.14. The first-order chi connectivity index (χ1) is 8.20. The van der Waals surface area contributed by atoms with Crippen LogP contribution in [0.15, 0.2) is 12.4 Å². The van der Waals surface area contributed by atoms with E-state index in [9.17, 15) is 0 Å². The Morgan fingerprint density at radius 3 is 3.06 bits per heavy atom. The zero-order valence-corrected chi connectivity index (χ0v) is 10.3. The highest BCUT2D eigenvalue weighted by atomic mass is 16.5. The summed E-state index contributed by atoms with van der Waals surface area (Å²) in [6, 6.07) is 1.91. The minimum atomic E-state index is 0.0760. The van der Waals surface area contributed by atoms with E-state index < -0.39 is 0 Å². The highest BCUT2D eigenvalue weighted by Crippen LogP contribution is 2.24. The normalized spacial score (nSPS) is 25.8. The lowest BCUT2D eigenvalue weighted by molar-refractivity contribution is 0.0994. The standard InChI is InChI=1S/C12H19N3O2/c1-8-10(3-4-17-8)11(13)5-9-6-12(16-2)15-7-14-9/h6-8,10-11H,3-5,13H2,1-2H3. The van der Waals surface area contributed by atoms with E-state index in [2.05, 4.69) is 16.9 Å². The van der Waals surface area contributed by atoms with Crippen molar-refractivity contribution in [3.05, 3.63) is 18.1 Å². The minimum absolute atomic E-state index is 0.0760. The van der Waals surface area contributed by atoms with Gasteiger partial charge in [-0.25, -0.2) is 9.97 Å². The maximum Gasteiger partial charge on any atom is 0.216 e. The van der Waals surface area contributed by atoms with E-state index in [1.807, 2.05) is 6.07 Å². The zero-order valence-electron chi connectivity index (χ0n) is 10.3. The third-order valence-electron chi connectivity index (χ3n) is 3.34. The fraction of sp³-hybridized carbons (Fsp3) is 0.667. The molecule has 17 heavy (non-hydrogen) atoms. The van der Waals surface area contributed by atoms with Crippen molar-refractivity contribution >= 4 is 0 Å². The largest absolute Gasteiger partial charge is 0.481 e. The Kier molecular flexibility index (Phi) is 3.91.